The Morgan fingerprint density at radius 1 is 1.07 bits per heavy atom. The summed E-state index contributed by atoms with van der Waals surface area (Å²) in [7, 11) is -9.66. The van der Waals surface area contributed by atoms with E-state index in [0.717, 1.165) is 36.4 Å². The third kappa shape index (κ3) is 4.00. The molecule has 1 aromatic rings. The summed E-state index contributed by atoms with van der Waals surface area (Å²) in [6, 6.07) is 5.10. The Kier molecular flexibility index (Phi) is 5.94. The lowest BCUT2D eigenvalue weighted by atomic mass is 9.85. The maximum atomic E-state index is 12.3. The summed E-state index contributed by atoms with van der Waals surface area (Å²) in [6.07, 6.45) is 5.14. The van der Waals surface area contributed by atoms with Crippen molar-refractivity contribution in [1.29, 1.82) is 0 Å². The van der Waals surface area contributed by atoms with E-state index in [1.807, 2.05) is 10.3 Å². The van der Waals surface area contributed by atoms with Crippen LogP contribution in [-0.4, -0.2) is 46.7 Å². The van der Waals surface area contributed by atoms with Gasteiger partial charge in [-0.1, -0.05) is 36.4 Å². The van der Waals surface area contributed by atoms with Crippen molar-refractivity contribution in [3.8, 4) is 0 Å². The Bertz CT molecular complexity index is 1240. The van der Waals surface area contributed by atoms with E-state index < -0.39 is 35.5 Å². The number of allylic oxidation sites excluding steroid dienone is 2. The average molecular weight is 458 g/mol. The lowest BCUT2D eigenvalue weighted by molar-refractivity contribution is 0.411. The van der Waals surface area contributed by atoms with Gasteiger partial charge in [0.05, 0.1) is 11.7 Å². The number of rotatable bonds is 6. The molecule has 2 N–H and O–H groups in total. The largest absolute Gasteiger partial charge is 0.299 e. The van der Waals surface area contributed by atoms with Gasteiger partial charge in [0.25, 0.3) is 20.2 Å². The molecule has 2 rings (SSSR count). The summed E-state index contributed by atoms with van der Waals surface area (Å²) in [5.74, 6) is 0. The highest BCUT2D eigenvalue weighted by atomic mass is 32.2. The van der Waals surface area contributed by atoms with Gasteiger partial charge < -0.3 is 0 Å². The molecule has 0 bridgehead atoms. The number of aliphatic imine (C=N–C) groups is 2. The second-order valence-corrected chi connectivity index (χ2v) is 8.72. The van der Waals surface area contributed by atoms with Gasteiger partial charge in [0.1, 0.15) is 4.90 Å². The first-order chi connectivity index (χ1) is 13.4. The Hall–Kier alpha value is -2.14. The summed E-state index contributed by atoms with van der Waals surface area (Å²) in [4.78, 5) is 4.37. The van der Waals surface area contributed by atoms with Crippen LogP contribution in [0.5, 0.6) is 0 Å². The predicted octanol–water partition coefficient (Wildman–Crippen LogP) is 2.60. The van der Waals surface area contributed by atoms with Crippen LogP contribution in [0.25, 0.3) is 6.08 Å². The SMILES string of the molecule is [2H]C1=CC(C=Cc2ccccc2S(=O)(=O)O)(N=C=S)C(N=C=S)(S(=O)(=O)O)C=C1. The molecular weight excluding hydrogens is 444 g/mol. The summed E-state index contributed by atoms with van der Waals surface area (Å²) in [5.41, 5.74) is -2.18. The predicted molar refractivity (Wildman–Crippen MR) is 111 cm³/mol. The lowest BCUT2D eigenvalue weighted by Gasteiger charge is -2.37. The van der Waals surface area contributed by atoms with Crippen LogP contribution < -0.4 is 0 Å². The minimum absolute atomic E-state index is 0.0287. The van der Waals surface area contributed by atoms with Gasteiger partial charge in [-0.05, 0) is 54.3 Å². The molecule has 0 spiro atoms. The zero-order chi connectivity index (χ0) is 21.9. The summed E-state index contributed by atoms with van der Waals surface area (Å²) in [5, 5.41) is 3.88. The van der Waals surface area contributed by atoms with Crippen molar-refractivity contribution in [2.45, 2.75) is 15.3 Å². The Morgan fingerprint density at radius 2 is 1.71 bits per heavy atom. The molecule has 0 saturated carbocycles. The highest BCUT2D eigenvalue weighted by Gasteiger charge is 2.58. The molecular formula is C16H12N2O6S4. The first kappa shape index (κ1) is 20.6. The van der Waals surface area contributed by atoms with Crippen molar-refractivity contribution >= 4 is 61.1 Å². The standard InChI is InChI=1S/C16H12N2O6S4/c19-27(20,21)14-6-2-1-5-13(14)7-10-15(17-11-25)8-3-4-9-16(15,18-12-26)28(22,23)24/h1-10H,(H,19,20,21)(H,22,23,24)/i3D. The molecule has 2 atom stereocenters. The van der Waals surface area contributed by atoms with Gasteiger partial charge in [-0.2, -0.15) is 21.8 Å². The summed E-state index contributed by atoms with van der Waals surface area (Å²) < 4.78 is 74.9. The van der Waals surface area contributed by atoms with Gasteiger partial charge in [0.2, 0.25) is 4.87 Å². The quantitative estimate of drug-likeness (QED) is 0.378. The highest BCUT2D eigenvalue weighted by molar-refractivity contribution is 7.87. The molecule has 1 aliphatic carbocycles. The van der Waals surface area contributed by atoms with E-state index in [2.05, 4.69) is 34.4 Å². The highest BCUT2D eigenvalue weighted by Crippen LogP contribution is 2.41. The fourth-order valence-corrected chi connectivity index (χ4v) is 4.60. The first-order valence-electron chi connectivity index (χ1n) is 7.72. The Balaban J connectivity index is 2.89. The van der Waals surface area contributed by atoms with E-state index in [4.69, 9.17) is 1.37 Å². The number of benzene rings is 1. The molecule has 0 amide bonds. The topological polar surface area (TPSA) is 133 Å². The van der Waals surface area contributed by atoms with Crippen LogP contribution in [0.3, 0.4) is 0 Å². The van der Waals surface area contributed by atoms with Crippen LogP contribution >= 0.6 is 24.4 Å². The first-order valence-corrected chi connectivity index (χ1v) is 10.9. The molecule has 0 saturated heterocycles. The molecule has 0 aromatic heterocycles. The van der Waals surface area contributed by atoms with E-state index in [0.29, 0.717) is 0 Å². The van der Waals surface area contributed by atoms with Crippen LogP contribution in [0.2, 0.25) is 0 Å². The van der Waals surface area contributed by atoms with E-state index in [9.17, 15) is 25.9 Å². The number of hydrogen-bond donors (Lipinski definition) is 2. The second kappa shape index (κ2) is 8.08. The number of nitrogens with zero attached hydrogens (tertiary/aromatic N) is 2. The molecule has 28 heavy (non-hydrogen) atoms. The zero-order valence-electron chi connectivity index (χ0n) is 14.8. The maximum absolute atomic E-state index is 12.3. The van der Waals surface area contributed by atoms with Gasteiger partial charge in [0, 0.05) is 0 Å². The smallest absolute Gasteiger partial charge is 0.283 e. The van der Waals surface area contributed by atoms with Gasteiger partial charge in [-0.3, -0.25) is 9.11 Å². The van der Waals surface area contributed by atoms with Crippen molar-refractivity contribution in [1.82, 2.24) is 0 Å². The molecule has 2 unspecified atom stereocenters. The molecule has 0 aliphatic heterocycles. The number of thiocarbonyl (C=S) groups is 2. The Labute approximate surface area is 173 Å². The van der Waals surface area contributed by atoms with Crippen LogP contribution in [0.15, 0.2) is 69.5 Å². The lowest BCUT2D eigenvalue weighted by Crippen LogP contribution is -2.54. The molecule has 1 aliphatic rings. The summed E-state index contributed by atoms with van der Waals surface area (Å²) >= 11 is 9.12. The third-order valence-electron chi connectivity index (χ3n) is 3.83. The van der Waals surface area contributed by atoms with Crippen molar-refractivity contribution in [3.63, 3.8) is 0 Å². The van der Waals surface area contributed by atoms with Gasteiger partial charge in [0.15, 0.2) is 5.54 Å². The van der Waals surface area contributed by atoms with Crippen LogP contribution in [-0.2, 0) is 20.2 Å². The molecule has 0 radical (unpaired) electrons. The third-order valence-corrected chi connectivity index (χ3v) is 6.28. The van der Waals surface area contributed by atoms with Crippen LogP contribution in [0.4, 0.5) is 0 Å². The molecule has 0 fully saturated rings. The fourth-order valence-electron chi connectivity index (χ4n) is 2.58. The number of isothiocyanates is 2. The van der Waals surface area contributed by atoms with E-state index in [1.54, 1.807) is 0 Å². The van der Waals surface area contributed by atoms with Crippen molar-refractivity contribution in [2.75, 3.05) is 0 Å². The normalized spacial score (nSPS) is 25.4. The Morgan fingerprint density at radius 3 is 2.29 bits per heavy atom. The van der Waals surface area contributed by atoms with Crippen molar-refractivity contribution < 1.29 is 27.3 Å². The zero-order valence-corrected chi connectivity index (χ0v) is 17.0. The number of hydrogen-bond acceptors (Lipinski definition) is 8. The van der Waals surface area contributed by atoms with E-state index >= 15 is 0 Å². The van der Waals surface area contributed by atoms with Gasteiger partial charge in [-0.15, -0.1) is 0 Å². The molecule has 146 valence electrons. The molecule has 1 aromatic carbocycles. The maximum Gasteiger partial charge on any atom is 0.299 e. The minimum Gasteiger partial charge on any atom is -0.283 e. The van der Waals surface area contributed by atoms with Crippen LogP contribution in [0.1, 0.15) is 6.93 Å². The van der Waals surface area contributed by atoms with Gasteiger partial charge in [-0.25, -0.2) is 4.99 Å². The second-order valence-electron chi connectivity index (χ2n) is 5.39. The molecule has 0 heterocycles. The average Bonchev–Trinajstić information content (AvgIpc) is 2.61. The van der Waals surface area contributed by atoms with Crippen molar-refractivity contribution in [2.24, 2.45) is 9.98 Å². The van der Waals surface area contributed by atoms with E-state index in [-0.39, 0.29) is 11.6 Å². The molecule has 12 heteroatoms. The van der Waals surface area contributed by atoms with Gasteiger partial charge >= 0.3 is 0 Å². The molecule has 8 nitrogen and oxygen atoms in total. The van der Waals surface area contributed by atoms with E-state index in [1.165, 1.54) is 18.2 Å². The summed E-state index contributed by atoms with van der Waals surface area (Å²) in [6.45, 7) is 0. The monoisotopic (exact) mass is 457 g/mol. The van der Waals surface area contributed by atoms with Crippen LogP contribution in [0, 0.1) is 0 Å². The fraction of sp³-hybridized carbons (Fsp3) is 0.125. The minimum atomic E-state index is -5.06. The van der Waals surface area contributed by atoms with Crippen molar-refractivity contribution in [3.05, 3.63) is 60.2 Å².